The second-order valence-electron chi connectivity index (χ2n) is 4.19. The van der Waals surface area contributed by atoms with Crippen molar-refractivity contribution >= 4 is 44.7 Å². The van der Waals surface area contributed by atoms with E-state index in [9.17, 15) is 0 Å². The number of halogens is 2. The third kappa shape index (κ3) is 4.34. The second kappa shape index (κ2) is 7.65. The predicted molar refractivity (Wildman–Crippen MR) is 93.6 cm³/mol. The molecule has 2 rings (SSSR count). The number of oxime groups is 1. The van der Waals surface area contributed by atoms with Gasteiger partial charge in [-0.2, -0.15) is 0 Å². The number of hydrogen-bond donors (Lipinski definition) is 1. The summed E-state index contributed by atoms with van der Waals surface area (Å²) in [7, 11) is 1.58. The minimum absolute atomic E-state index is 0.451. The minimum Gasteiger partial charge on any atom is -0.493 e. The van der Waals surface area contributed by atoms with Crippen molar-refractivity contribution in [2.24, 2.45) is 5.16 Å². The third-order valence-electron chi connectivity index (χ3n) is 2.76. The number of methoxy groups -OCH3 is 1. The Labute approximate surface area is 145 Å². The van der Waals surface area contributed by atoms with Crippen molar-refractivity contribution in [1.29, 1.82) is 0 Å². The van der Waals surface area contributed by atoms with Gasteiger partial charge in [-0.05, 0) is 52.4 Å². The fourth-order valence-electron chi connectivity index (χ4n) is 1.76. The summed E-state index contributed by atoms with van der Waals surface area (Å²) in [6.45, 7) is 0.451. The van der Waals surface area contributed by atoms with E-state index in [2.05, 4.69) is 43.7 Å². The van der Waals surface area contributed by atoms with Crippen LogP contribution in [0.1, 0.15) is 11.1 Å². The Morgan fingerprint density at radius 2 is 2.00 bits per heavy atom. The SMILES string of the molecule is COc1cc(/C=N\O)cc(I)c1OCc1ccc(Br)cc1. The van der Waals surface area contributed by atoms with Gasteiger partial charge in [-0.25, -0.2) is 0 Å². The first-order valence-electron chi connectivity index (χ1n) is 6.06. The zero-order valence-electron chi connectivity index (χ0n) is 11.2. The average molecular weight is 462 g/mol. The lowest BCUT2D eigenvalue weighted by molar-refractivity contribution is 0.282. The molecular formula is C15H13BrINO3. The van der Waals surface area contributed by atoms with Crippen LogP contribution in [0.3, 0.4) is 0 Å². The van der Waals surface area contributed by atoms with E-state index >= 15 is 0 Å². The van der Waals surface area contributed by atoms with Gasteiger partial charge in [0.2, 0.25) is 0 Å². The van der Waals surface area contributed by atoms with E-state index in [1.807, 2.05) is 30.3 Å². The molecule has 6 heteroatoms. The quantitative estimate of drug-likeness (QED) is 0.310. The maximum atomic E-state index is 8.61. The van der Waals surface area contributed by atoms with E-state index in [-0.39, 0.29) is 0 Å². The lowest BCUT2D eigenvalue weighted by Crippen LogP contribution is -2.00. The molecular weight excluding hydrogens is 449 g/mol. The smallest absolute Gasteiger partial charge is 0.174 e. The average Bonchev–Trinajstić information content (AvgIpc) is 2.47. The molecule has 1 N–H and O–H groups in total. The highest BCUT2D eigenvalue weighted by molar-refractivity contribution is 14.1. The van der Waals surface area contributed by atoms with Gasteiger partial charge in [0.25, 0.3) is 0 Å². The molecule has 0 aliphatic rings. The molecule has 0 saturated heterocycles. The molecule has 0 radical (unpaired) electrons. The number of nitrogens with zero attached hydrogens (tertiary/aromatic N) is 1. The van der Waals surface area contributed by atoms with Crippen LogP contribution in [0.2, 0.25) is 0 Å². The van der Waals surface area contributed by atoms with E-state index in [0.717, 1.165) is 19.2 Å². The standard InChI is InChI=1S/C15H13BrINO3/c1-20-14-7-11(8-18-19)6-13(17)15(14)21-9-10-2-4-12(16)5-3-10/h2-8,19H,9H2,1H3/b18-8-. The van der Waals surface area contributed by atoms with Gasteiger partial charge in [-0.15, -0.1) is 0 Å². The molecule has 0 atom stereocenters. The van der Waals surface area contributed by atoms with Crippen LogP contribution < -0.4 is 9.47 Å². The van der Waals surface area contributed by atoms with E-state index in [0.29, 0.717) is 18.1 Å². The number of rotatable bonds is 5. The van der Waals surface area contributed by atoms with Gasteiger partial charge in [0.1, 0.15) is 6.61 Å². The fourth-order valence-corrected chi connectivity index (χ4v) is 2.80. The van der Waals surface area contributed by atoms with Gasteiger partial charge in [0.05, 0.1) is 16.9 Å². The summed E-state index contributed by atoms with van der Waals surface area (Å²) in [6, 6.07) is 11.6. The topological polar surface area (TPSA) is 51.0 Å². The maximum absolute atomic E-state index is 8.61. The fraction of sp³-hybridized carbons (Fsp3) is 0.133. The Morgan fingerprint density at radius 1 is 1.29 bits per heavy atom. The van der Waals surface area contributed by atoms with Crippen LogP contribution in [0, 0.1) is 3.57 Å². The summed E-state index contributed by atoms with van der Waals surface area (Å²) < 4.78 is 13.1. The first-order valence-corrected chi connectivity index (χ1v) is 7.93. The molecule has 0 spiro atoms. The highest BCUT2D eigenvalue weighted by Gasteiger charge is 2.11. The number of hydrogen-bond acceptors (Lipinski definition) is 4. The van der Waals surface area contributed by atoms with Gasteiger partial charge in [0.15, 0.2) is 11.5 Å². The minimum atomic E-state index is 0.451. The van der Waals surface area contributed by atoms with Crippen LogP contribution in [0.25, 0.3) is 0 Å². The first kappa shape index (κ1) is 16.1. The molecule has 2 aromatic carbocycles. The van der Waals surface area contributed by atoms with Gasteiger partial charge in [-0.3, -0.25) is 0 Å². The van der Waals surface area contributed by atoms with Crippen LogP contribution in [0.4, 0.5) is 0 Å². The lowest BCUT2D eigenvalue weighted by atomic mass is 10.2. The summed E-state index contributed by atoms with van der Waals surface area (Å²) in [5.41, 5.74) is 1.81. The Kier molecular flexibility index (Phi) is 5.86. The Bertz CT molecular complexity index is 644. The zero-order valence-corrected chi connectivity index (χ0v) is 15.0. The van der Waals surface area contributed by atoms with Crippen LogP contribution in [-0.2, 0) is 6.61 Å². The first-order chi connectivity index (χ1) is 10.1. The van der Waals surface area contributed by atoms with E-state index in [4.69, 9.17) is 14.7 Å². The van der Waals surface area contributed by atoms with E-state index < -0.39 is 0 Å². The summed E-state index contributed by atoms with van der Waals surface area (Å²) in [5.74, 6) is 1.28. The molecule has 0 unspecified atom stereocenters. The Hall–Kier alpha value is -1.28. The number of ether oxygens (including phenoxy) is 2. The van der Waals surface area contributed by atoms with Crippen LogP contribution in [0.5, 0.6) is 11.5 Å². The van der Waals surface area contributed by atoms with Gasteiger partial charge in [-0.1, -0.05) is 33.2 Å². The predicted octanol–water partition coefficient (Wildman–Crippen LogP) is 4.45. The van der Waals surface area contributed by atoms with Crippen molar-refractivity contribution in [3.8, 4) is 11.5 Å². The summed E-state index contributed by atoms with van der Waals surface area (Å²) >= 11 is 5.57. The summed E-state index contributed by atoms with van der Waals surface area (Å²) in [4.78, 5) is 0. The third-order valence-corrected chi connectivity index (χ3v) is 4.08. The molecule has 0 amide bonds. The highest BCUT2D eigenvalue weighted by Crippen LogP contribution is 2.34. The maximum Gasteiger partial charge on any atom is 0.174 e. The largest absolute Gasteiger partial charge is 0.493 e. The molecule has 21 heavy (non-hydrogen) atoms. The molecule has 0 bridgehead atoms. The molecule has 110 valence electrons. The Morgan fingerprint density at radius 3 is 2.62 bits per heavy atom. The molecule has 0 aromatic heterocycles. The van der Waals surface area contributed by atoms with Crippen LogP contribution in [-0.4, -0.2) is 18.5 Å². The molecule has 2 aromatic rings. The van der Waals surface area contributed by atoms with Gasteiger partial charge in [0, 0.05) is 10.0 Å². The molecule has 4 nitrogen and oxygen atoms in total. The normalized spacial score (nSPS) is 10.8. The van der Waals surface area contributed by atoms with Crippen molar-refractivity contribution < 1.29 is 14.7 Å². The van der Waals surface area contributed by atoms with Crippen LogP contribution >= 0.6 is 38.5 Å². The highest BCUT2D eigenvalue weighted by atomic mass is 127. The van der Waals surface area contributed by atoms with Crippen molar-refractivity contribution in [3.63, 3.8) is 0 Å². The lowest BCUT2D eigenvalue weighted by Gasteiger charge is -2.13. The molecule has 0 fully saturated rings. The second-order valence-corrected chi connectivity index (χ2v) is 6.27. The number of benzene rings is 2. The summed E-state index contributed by atoms with van der Waals surface area (Å²) in [6.07, 6.45) is 1.35. The van der Waals surface area contributed by atoms with Crippen molar-refractivity contribution in [3.05, 3.63) is 55.6 Å². The van der Waals surface area contributed by atoms with Crippen molar-refractivity contribution in [2.75, 3.05) is 7.11 Å². The Balaban J connectivity index is 2.20. The molecule has 0 aliphatic carbocycles. The van der Waals surface area contributed by atoms with E-state index in [1.165, 1.54) is 6.21 Å². The van der Waals surface area contributed by atoms with Crippen LogP contribution in [0.15, 0.2) is 46.0 Å². The van der Waals surface area contributed by atoms with E-state index in [1.54, 1.807) is 13.2 Å². The monoisotopic (exact) mass is 461 g/mol. The molecule has 0 heterocycles. The molecule has 0 aliphatic heterocycles. The van der Waals surface area contributed by atoms with Crippen molar-refractivity contribution in [2.45, 2.75) is 6.61 Å². The zero-order chi connectivity index (χ0) is 15.2. The van der Waals surface area contributed by atoms with Gasteiger partial charge < -0.3 is 14.7 Å². The van der Waals surface area contributed by atoms with Crippen molar-refractivity contribution in [1.82, 2.24) is 0 Å². The van der Waals surface area contributed by atoms with Gasteiger partial charge >= 0.3 is 0 Å². The molecule has 0 saturated carbocycles. The summed E-state index contributed by atoms with van der Waals surface area (Å²) in [5, 5.41) is 11.6.